The monoisotopic (exact) mass is 333 g/mol. The molecule has 2 aliphatic rings. The van der Waals surface area contributed by atoms with Crippen LogP contribution in [0.1, 0.15) is 33.8 Å². The van der Waals surface area contributed by atoms with E-state index < -0.39 is 0 Å². The molecule has 0 unspecified atom stereocenters. The summed E-state index contributed by atoms with van der Waals surface area (Å²) in [5.74, 6) is 0.332. The van der Waals surface area contributed by atoms with Crippen LogP contribution in [0.2, 0.25) is 0 Å². The van der Waals surface area contributed by atoms with Crippen molar-refractivity contribution in [1.29, 1.82) is 0 Å². The van der Waals surface area contributed by atoms with E-state index in [-0.39, 0.29) is 17.7 Å². The van der Waals surface area contributed by atoms with E-state index in [0.29, 0.717) is 18.2 Å². The minimum Gasteiger partial charge on any atom is -0.333 e. The molecule has 1 aliphatic heterocycles. The summed E-state index contributed by atoms with van der Waals surface area (Å²) in [5, 5.41) is 7.37. The van der Waals surface area contributed by atoms with E-state index in [0.717, 1.165) is 35.4 Å². The van der Waals surface area contributed by atoms with Crippen molar-refractivity contribution >= 4 is 39.6 Å². The van der Waals surface area contributed by atoms with Gasteiger partial charge in [0.25, 0.3) is 5.91 Å². The number of nitrogens with zero attached hydrogens (tertiary/aromatic N) is 2. The predicted octanol–water partition coefficient (Wildman–Crippen LogP) is 2.75. The Balaban J connectivity index is 1.47. The number of carbonyl (C=O) groups excluding carboxylic acids is 2. The maximum Gasteiger partial charge on any atom is 0.255 e. The Bertz CT molecular complexity index is 719. The van der Waals surface area contributed by atoms with Crippen LogP contribution in [0.25, 0.3) is 0 Å². The third kappa shape index (κ3) is 2.66. The van der Waals surface area contributed by atoms with E-state index in [1.165, 1.54) is 22.7 Å². The van der Waals surface area contributed by atoms with Gasteiger partial charge in [0.05, 0.1) is 17.8 Å². The number of aromatic nitrogens is 1. The molecule has 5 nitrogen and oxygen atoms in total. The highest BCUT2D eigenvalue weighted by Crippen LogP contribution is 2.33. The molecular weight excluding hydrogens is 318 g/mol. The lowest BCUT2D eigenvalue weighted by molar-refractivity contribution is -0.117. The first-order valence-corrected chi connectivity index (χ1v) is 9.07. The molecule has 0 atom stereocenters. The van der Waals surface area contributed by atoms with E-state index in [1.54, 1.807) is 0 Å². The van der Waals surface area contributed by atoms with E-state index in [1.807, 2.05) is 21.7 Å². The molecule has 1 aliphatic carbocycles. The second-order valence-electron chi connectivity index (χ2n) is 5.64. The molecule has 0 radical (unpaired) electrons. The van der Waals surface area contributed by atoms with E-state index >= 15 is 0 Å². The second kappa shape index (κ2) is 5.48. The van der Waals surface area contributed by atoms with Gasteiger partial charge in [-0.15, -0.1) is 0 Å². The van der Waals surface area contributed by atoms with E-state index in [4.69, 9.17) is 0 Å². The molecule has 114 valence electrons. The van der Waals surface area contributed by atoms with Crippen molar-refractivity contribution in [3.8, 4) is 0 Å². The standard InChI is InChI=1S/C15H15N3O2S2/c19-13(9-1-2-9)17-15-16-11-3-5-18(7-12(11)22-15)14(20)10-4-6-21-8-10/h4,6,8-9H,1-3,5,7H2,(H,16,17,19). The molecule has 4 rings (SSSR count). The SMILES string of the molecule is O=C(Nc1nc2c(s1)CN(C(=O)c1ccsc1)CC2)C1CC1. The maximum absolute atomic E-state index is 12.4. The highest BCUT2D eigenvalue weighted by Gasteiger charge is 2.31. The number of nitrogens with one attached hydrogen (secondary N) is 1. The van der Waals surface area contributed by atoms with Gasteiger partial charge in [0.1, 0.15) is 0 Å². The molecule has 22 heavy (non-hydrogen) atoms. The third-order valence-corrected chi connectivity index (χ3v) is 5.65. The lowest BCUT2D eigenvalue weighted by Gasteiger charge is -2.25. The number of anilines is 1. The van der Waals surface area contributed by atoms with Gasteiger partial charge in [-0.1, -0.05) is 11.3 Å². The minimum absolute atomic E-state index is 0.0730. The number of amides is 2. The lowest BCUT2D eigenvalue weighted by atomic mass is 10.1. The van der Waals surface area contributed by atoms with Crippen molar-refractivity contribution in [3.05, 3.63) is 33.0 Å². The zero-order valence-corrected chi connectivity index (χ0v) is 13.5. The average Bonchev–Trinajstić information content (AvgIpc) is 3.08. The first-order valence-electron chi connectivity index (χ1n) is 7.31. The Kier molecular flexibility index (Phi) is 3.46. The van der Waals surface area contributed by atoms with Gasteiger partial charge in [0.15, 0.2) is 5.13 Å². The first kappa shape index (κ1) is 13.9. The molecule has 3 heterocycles. The number of thiazole rings is 1. The largest absolute Gasteiger partial charge is 0.333 e. The number of thiophene rings is 1. The van der Waals surface area contributed by atoms with Crippen LogP contribution in [0.4, 0.5) is 5.13 Å². The van der Waals surface area contributed by atoms with Crippen LogP contribution in [0.3, 0.4) is 0 Å². The molecule has 0 saturated heterocycles. The molecule has 0 spiro atoms. The van der Waals surface area contributed by atoms with Crippen molar-refractivity contribution < 1.29 is 9.59 Å². The lowest BCUT2D eigenvalue weighted by Crippen LogP contribution is -2.35. The average molecular weight is 333 g/mol. The molecule has 1 fully saturated rings. The van der Waals surface area contributed by atoms with Gasteiger partial charge in [-0.05, 0) is 24.3 Å². The maximum atomic E-state index is 12.4. The summed E-state index contributed by atoms with van der Waals surface area (Å²) < 4.78 is 0. The molecular formula is C15H15N3O2S2. The summed E-state index contributed by atoms with van der Waals surface area (Å²) in [5.41, 5.74) is 1.77. The summed E-state index contributed by atoms with van der Waals surface area (Å²) in [4.78, 5) is 31.7. The van der Waals surface area contributed by atoms with E-state index in [9.17, 15) is 9.59 Å². The zero-order valence-electron chi connectivity index (χ0n) is 11.9. The van der Waals surface area contributed by atoms with Gasteiger partial charge in [-0.3, -0.25) is 9.59 Å². The number of carbonyl (C=O) groups is 2. The molecule has 0 bridgehead atoms. The fourth-order valence-corrected chi connectivity index (χ4v) is 4.20. The molecule has 7 heteroatoms. The van der Waals surface area contributed by atoms with Crippen molar-refractivity contribution in [1.82, 2.24) is 9.88 Å². The number of fused-ring (bicyclic) bond motifs is 1. The van der Waals surface area contributed by atoms with E-state index in [2.05, 4.69) is 10.3 Å². The Morgan fingerprint density at radius 3 is 2.95 bits per heavy atom. The molecule has 2 aromatic heterocycles. The molecule has 1 N–H and O–H groups in total. The van der Waals surface area contributed by atoms with Gasteiger partial charge in [-0.2, -0.15) is 11.3 Å². The van der Waals surface area contributed by atoms with Crippen LogP contribution in [-0.2, 0) is 17.8 Å². The van der Waals surface area contributed by atoms with Crippen LogP contribution in [-0.4, -0.2) is 28.2 Å². The van der Waals surface area contributed by atoms with Gasteiger partial charge >= 0.3 is 0 Å². The summed E-state index contributed by atoms with van der Waals surface area (Å²) in [7, 11) is 0. The van der Waals surface area contributed by atoms with Crippen LogP contribution in [0.5, 0.6) is 0 Å². The van der Waals surface area contributed by atoms with Crippen molar-refractivity contribution in [2.24, 2.45) is 5.92 Å². The molecule has 2 aromatic rings. The first-order chi connectivity index (χ1) is 10.7. The Morgan fingerprint density at radius 1 is 1.36 bits per heavy atom. The summed E-state index contributed by atoms with van der Waals surface area (Å²) in [6.45, 7) is 1.27. The fourth-order valence-electron chi connectivity index (χ4n) is 2.54. The highest BCUT2D eigenvalue weighted by molar-refractivity contribution is 7.15. The molecule has 1 saturated carbocycles. The van der Waals surface area contributed by atoms with Crippen molar-refractivity contribution in [2.45, 2.75) is 25.8 Å². The van der Waals surface area contributed by atoms with Gasteiger partial charge in [-0.25, -0.2) is 4.98 Å². The smallest absolute Gasteiger partial charge is 0.255 e. The van der Waals surface area contributed by atoms with Crippen molar-refractivity contribution in [3.63, 3.8) is 0 Å². The Morgan fingerprint density at radius 2 is 2.23 bits per heavy atom. The van der Waals surface area contributed by atoms with Gasteiger partial charge in [0, 0.05) is 29.1 Å². The zero-order chi connectivity index (χ0) is 15.1. The Labute approximate surface area is 136 Å². The van der Waals surface area contributed by atoms with Crippen molar-refractivity contribution in [2.75, 3.05) is 11.9 Å². The predicted molar refractivity (Wildman–Crippen MR) is 86.2 cm³/mol. The van der Waals surface area contributed by atoms with Crippen LogP contribution in [0.15, 0.2) is 16.8 Å². The third-order valence-electron chi connectivity index (χ3n) is 3.96. The number of hydrogen-bond donors (Lipinski definition) is 1. The summed E-state index contributed by atoms with van der Waals surface area (Å²) in [6.07, 6.45) is 2.72. The normalized spacial score (nSPS) is 17.2. The fraction of sp³-hybridized carbons (Fsp3) is 0.400. The number of rotatable bonds is 3. The summed E-state index contributed by atoms with van der Waals surface area (Å²) >= 11 is 3.03. The van der Waals surface area contributed by atoms with Crippen LogP contribution >= 0.6 is 22.7 Å². The Hall–Kier alpha value is -1.73. The quantitative estimate of drug-likeness (QED) is 0.939. The van der Waals surface area contributed by atoms with Crippen LogP contribution in [0, 0.1) is 5.92 Å². The second-order valence-corrected chi connectivity index (χ2v) is 7.50. The van der Waals surface area contributed by atoms with Gasteiger partial charge < -0.3 is 10.2 Å². The highest BCUT2D eigenvalue weighted by atomic mass is 32.1. The molecule has 2 amide bonds. The van der Waals surface area contributed by atoms with Crippen LogP contribution < -0.4 is 5.32 Å². The molecule has 0 aromatic carbocycles. The number of hydrogen-bond acceptors (Lipinski definition) is 5. The topological polar surface area (TPSA) is 62.3 Å². The van der Waals surface area contributed by atoms with Gasteiger partial charge in [0.2, 0.25) is 5.91 Å². The summed E-state index contributed by atoms with van der Waals surface area (Å²) in [6, 6.07) is 1.86. The minimum atomic E-state index is 0.0730.